The summed E-state index contributed by atoms with van der Waals surface area (Å²) in [6.07, 6.45) is -5.09. The topological polar surface area (TPSA) is 57.7 Å². The van der Waals surface area contributed by atoms with Crippen LogP contribution in [-0.4, -0.2) is 31.5 Å². The average Bonchev–Trinajstić information content (AvgIpc) is 2.34. The molecular formula is C10H9F4NO4. The molecule has 0 N–H and O–H groups in total. The molecule has 106 valence electrons. The van der Waals surface area contributed by atoms with Crippen LogP contribution >= 0.6 is 0 Å². The van der Waals surface area contributed by atoms with Gasteiger partial charge in [-0.15, -0.1) is 13.2 Å². The number of hydrogen-bond acceptors (Lipinski definition) is 5. The monoisotopic (exact) mass is 283 g/mol. The Balaban J connectivity index is 3.41. The normalized spacial score (nSPS) is 11.1. The van der Waals surface area contributed by atoms with Crippen molar-refractivity contribution in [1.29, 1.82) is 0 Å². The van der Waals surface area contributed by atoms with E-state index in [1.54, 1.807) is 0 Å². The zero-order valence-corrected chi connectivity index (χ0v) is 9.88. The van der Waals surface area contributed by atoms with Crippen molar-refractivity contribution in [2.24, 2.45) is 0 Å². The van der Waals surface area contributed by atoms with Gasteiger partial charge in [0, 0.05) is 6.07 Å². The van der Waals surface area contributed by atoms with Gasteiger partial charge in [0.2, 0.25) is 5.88 Å². The Morgan fingerprint density at radius 2 is 2.00 bits per heavy atom. The van der Waals surface area contributed by atoms with Crippen LogP contribution in [0.2, 0.25) is 0 Å². The first-order valence-corrected chi connectivity index (χ1v) is 4.80. The molecule has 1 rings (SSSR count). The van der Waals surface area contributed by atoms with Crippen molar-refractivity contribution in [2.75, 3.05) is 14.2 Å². The zero-order chi connectivity index (χ0) is 14.6. The maximum Gasteiger partial charge on any atom is 0.574 e. The van der Waals surface area contributed by atoms with E-state index in [9.17, 15) is 22.4 Å². The molecule has 0 aromatic carbocycles. The molecular weight excluding hydrogens is 274 g/mol. The van der Waals surface area contributed by atoms with Crippen LogP contribution in [0.4, 0.5) is 17.6 Å². The standard InChI is InChI=1S/C10H9F4NO4/c1-17-6-3-5(4-11)15-8(19-10(12,13)14)7(6)9(16)18-2/h3H,4H2,1-2H3. The molecule has 0 aliphatic heterocycles. The van der Waals surface area contributed by atoms with E-state index in [2.05, 4.69) is 14.5 Å². The predicted octanol–water partition coefficient (Wildman–Crippen LogP) is 2.24. The highest BCUT2D eigenvalue weighted by Gasteiger charge is 2.35. The summed E-state index contributed by atoms with van der Waals surface area (Å²) in [5.41, 5.74) is -1.04. The SMILES string of the molecule is COC(=O)c1c(OC)cc(CF)nc1OC(F)(F)F. The minimum Gasteiger partial charge on any atom is -0.496 e. The summed E-state index contributed by atoms with van der Waals surface area (Å²) in [4.78, 5) is 14.7. The van der Waals surface area contributed by atoms with Crippen LogP contribution < -0.4 is 9.47 Å². The van der Waals surface area contributed by atoms with Crippen LogP contribution in [-0.2, 0) is 11.4 Å². The number of aromatic nitrogens is 1. The summed E-state index contributed by atoms with van der Waals surface area (Å²) in [6.45, 7) is -1.15. The van der Waals surface area contributed by atoms with E-state index in [1.165, 1.54) is 0 Å². The van der Waals surface area contributed by atoms with Crippen LogP contribution in [0.5, 0.6) is 11.6 Å². The molecule has 0 unspecified atom stereocenters. The van der Waals surface area contributed by atoms with Crippen LogP contribution in [0.25, 0.3) is 0 Å². The lowest BCUT2D eigenvalue weighted by atomic mass is 10.2. The van der Waals surface area contributed by atoms with E-state index in [-0.39, 0.29) is 11.4 Å². The van der Waals surface area contributed by atoms with Gasteiger partial charge in [-0.3, -0.25) is 0 Å². The van der Waals surface area contributed by atoms with Gasteiger partial charge >= 0.3 is 12.3 Å². The van der Waals surface area contributed by atoms with Crippen LogP contribution in [0.3, 0.4) is 0 Å². The van der Waals surface area contributed by atoms with E-state index >= 15 is 0 Å². The van der Waals surface area contributed by atoms with Crippen molar-refractivity contribution in [3.8, 4) is 11.6 Å². The highest BCUT2D eigenvalue weighted by Crippen LogP contribution is 2.32. The summed E-state index contributed by atoms with van der Waals surface area (Å²) in [5.74, 6) is -2.59. The quantitative estimate of drug-likeness (QED) is 0.626. The minimum absolute atomic E-state index is 0.325. The third-order valence-electron chi connectivity index (χ3n) is 1.96. The number of alkyl halides is 4. The van der Waals surface area contributed by atoms with Gasteiger partial charge in [0.25, 0.3) is 0 Å². The Morgan fingerprint density at radius 1 is 1.37 bits per heavy atom. The van der Waals surface area contributed by atoms with Gasteiger partial charge in [-0.1, -0.05) is 0 Å². The Hall–Kier alpha value is -2.06. The molecule has 0 aliphatic rings. The van der Waals surface area contributed by atoms with Crippen molar-refractivity contribution in [3.63, 3.8) is 0 Å². The maximum atomic E-state index is 12.5. The van der Waals surface area contributed by atoms with Gasteiger partial charge in [0.1, 0.15) is 12.4 Å². The summed E-state index contributed by atoms with van der Waals surface area (Å²) in [5, 5.41) is 0. The lowest BCUT2D eigenvalue weighted by Crippen LogP contribution is -2.21. The number of carbonyl (C=O) groups excluding carboxylic acids is 1. The number of halogens is 4. The summed E-state index contributed by atoms with van der Waals surface area (Å²) in [7, 11) is 2.06. The van der Waals surface area contributed by atoms with Gasteiger partial charge in [0.15, 0.2) is 5.56 Å². The first-order chi connectivity index (χ1) is 8.82. The van der Waals surface area contributed by atoms with Crippen molar-refractivity contribution in [1.82, 2.24) is 4.98 Å². The number of carbonyl (C=O) groups is 1. The fourth-order valence-electron chi connectivity index (χ4n) is 1.25. The van der Waals surface area contributed by atoms with Crippen molar-refractivity contribution >= 4 is 5.97 Å². The average molecular weight is 283 g/mol. The molecule has 0 fully saturated rings. The third kappa shape index (κ3) is 3.70. The number of pyridine rings is 1. The molecule has 0 atom stereocenters. The lowest BCUT2D eigenvalue weighted by molar-refractivity contribution is -0.276. The van der Waals surface area contributed by atoms with E-state index in [0.29, 0.717) is 0 Å². The Bertz CT molecular complexity index is 475. The smallest absolute Gasteiger partial charge is 0.496 e. The first kappa shape index (κ1) is 15.0. The first-order valence-electron chi connectivity index (χ1n) is 4.80. The van der Waals surface area contributed by atoms with Gasteiger partial charge in [-0.25, -0.2) is 14.2 Å². The lowest BCUT2D eigenvalue weighted by Gasteiger charge is -2.14. The van der Waals surface area contributed by atoms with Crippen LogP contribution in [0.15, 0.2) is 6.07 Å². The Labute approximate surface area is 105 Å². The molecule has 1 aromatic heterocycles. The Morgan fingerprint density at radius 3 is 2.42 bits per heavy atom. The summed E-state index contributed by atoms with van der Waals surface area (Å²) >= 11 is 0. The molecule has 0 aliphatic carbocycles. The van der Waals surface area contributed by atoms with Gasteiger partial charge in [-0.2, -0.15) is 0 Å². The third-order valence-corrected chi connectivity index (χ3v) is 1.96. The molecule has 9 heteroatoms. The van der Waals surface area contributed by atoms with Crippen LogP contribution in [0.1, 0.15) is 16.1 Å². The Kier molecular flexibility index (Phi) is 4.52. The van der Waals surface area contributed by atoms with Crippen molar-refractivity contribution in [3.05, 3.63) is 17.3 Å². The number of esters is 1. The molecule has 5 nitrogen and oxygen atoms in total. The van der Waals surface area contributed by atoms with Crippen LogP contribution in [0, 0.1) is 0 Å². The molecule has 0 radical (unpaired) electrons. The molecule has 1 aromatic rings. The second kappa shape index (κ2) is 5.72. The number of methoxy groups -OCH3 is 2. The summed E-state index contributed by atoms with van der Waals surface area (Å²) in [6, 6.07) is 0.982. The maximum absolute atomic E-state index is 12.5. The molecule has 0 bridgehead atoms. The largest absolute Gasteiger partial charge is 0.574 e. The molecule has 1 heterocycles. The second-order valence-corrected chi connectivity index (χ2v) is 3.17. The second-order valence-electron chi connectivity index (χ2n) is 3.17. The zero-order valence-electron chi connectivity index (χ0n) is 9.88. The van der Waals surface area contributed by atoms with Gasteiger partial charge in [-0.05, 0) is 0 Å². The van der Waals surface area contributed by atoms with Gasteiger partial charge < -0.3 is 14.2 Å². The van der Waals surface area contributed by atoms with Gasteiger partial charge in [0.05, 0.1) is 19.9 Å². The number of rotatable bonds is 4. The number of ether oxygens (including phenoxy) is 3. The van der Waals surface area contributed by atoms with E-state index in [1.807, 2.05) is 0 Å². The molecule has 19 heavy (non-hydrogen) atoms. The van der Waals surface area contributed by atoms with Crippen molar-refractivity contribution < 1.29 is 36.6 Å². The van der Waals surface area contributed by atoms with E-state index < -0.39 is 30.4 Å². The predicted molar refractivity (Wildman–Crippen MR) is 53.6 cm³/mol. The molecule has 0 spiro atoms. The molecule has 0 saturated heterocycles. The highest BCUT2D eigenvalue weighted by molar-refractivity contribution is 5.95. The summed E-state index contributed by atoms with van der Waals surface area (Å²) < 4.78 is 61.7. The fourth-order valence-corrected chi connectivity index (χ4v) is 1.25. The van der Waals surface area contributed by atoms with E-state index in [4.69, 9.17) is 4.74 Å². The molecule has 0 amide bonds. The fraction of sp³-hybridized carbons (Fsp3) is 0.400. The number of hydrogen-bond donors (Lipinski definition) is 0. The highest BCUT2D eigenvalue weighted by atomic mass is 19.4. The molecule has 0 saturated carbocycles. The minimum atomic E-state index is -5.09. The van der Waals surface area contributed by atoms with E-state index in [0.717, 1.165) is 20.3 Å². The van der Waals surface area contributed by atoms with Crippen molar-refractivity contribution in [2.45, 2.75) is 13.0 Å². The number of nitrogens with zero attached hydrogens (tertiary/aromatic N) is 1.